The second-order valence-electron chi connectivity index (χ2n) is 6.74. The molecule has 4 nitrogen and oxygen atoms in total. The van der Waals surface area contributed by atoms with Crippen LogP contribution in [0.4, 0.5) is 0 Å². The summed E-state index contributed by atoms with van der Waals surface area (Å²) in [5.74, 6) is 1.29. The molecule has 2 fully saturated rings. The molecule has 0 bridgehead atoms. The van der Waals surface area contributed by atoms with Gasteiger partial charge in [-0.3, -0.25) is 9.59 Å². The van der Waals surface area contributed by atoms with E-state index < -0.39 is 0 Å². The lowest BCUT2D eigenvalue weighted by Crippen LogP contribution is -2.40. The average molecular weight is 280 g/mol. The molecule has 2 amide bonds. The summed E-state index contributed by atoms with van der Waals surface area (Å²) in [6.45, 7) is 4.74. The van der Waals surface area contributed by atoms with Gasteiger partial charge in [-0.15, -0.1) is 0 Å². The monoisotopic (exact) mass is 280 g/mol. The van der Waals surface area contributed by atoms with Crippen molar-refractivity contribution in [1.82, 2.24) is 5.32 Å². The van der Waals surface area contributed by atoms with Gasteiger partial charge >= 0.3 is 0 Å². The molecule has 114 valence electrons. The van der Waals surface area contributed by atoms with Crippen LogP contribution >= 0.6 is 0 Å². The van der Waals surface area contributed by atoms with E-state index in [4.69, 9.17) is 5.73 Å². The van der Waals surface area contributed by atoms with Crippen LogP contribution in [-0.2, 0) is 9.59 Å². The van der Waals surface area contributed by atoms with E-state index in [2.05, 4.69) is 12.2 Å². The fourth-order valence-electron chi connectivity index (χ4n) is 3.18. The molecule has 0 aromatic heterocycles. The fraction of sp³-hybridized carbons (Fsp3) is 0.875. The number of carbonyl (C=O) groups excluding carboxylic acids is 2. The maximum Gasteiger partial charge on any atom is 0.223 e. The first kappa shape index (κ1) is 15.3. The van der Waals surface area contributed by atoms with Crippen molar-refractivity contribution in [2.45, 2.75) is 52.4 Å². The molecule has 2 saturated carbocycles. The van der Waals surface area contributed by atoms with Gasteiger partial charge < -0.3 is 11.1 Å². The highest BCUT2D eigenvalue weighted by atomic mass is 16.2. The SMILES string of the molecule is CCNC(=O)[C@H](CC1CC1C)[C@H](CCC1CC1)C(N)=O. The van der Waals surface area contributed by atoms with Crippen molar-refractivity contribution in [2.75, 3.05) is 6.54 Å². The molecule has 20 heavy (non-hydrogen) atoms. The van der Waals surface area contributed by atoms with Gasteiger partial charge in [-0.2, -0.15) is 0 Å². The van der Waals surface area contributed by atoms with Crippen LogP contribution in [0.3, 0.4) is 0 Å². The Labute approximate surface area is 121 Å². The van der Waals surface area contributed by atoms with Gasteiger partial charge in [0.1, 0.15) is 0 Å². The largest absolute Gasteiger partial charge is 0.369 e. The predicted molar refractivity (Wildman–Crippen MR) is 78.7 cm³/mol. The molecule has 0 spiro atoms. The van der Waals surface area contributed by atoms with Gasteiger partial charge in [0.15, 0.2) is 0 Å². The smallest absolute Gasteiger partial charge is 0.223 e. The van der Waals surface area contributed by atoms with E-state index in [1.165, 1.54) is 19.3 Å². The van der Waals surface area contributed by atoms with Crippen molar-refractivity contribution in [1.29, 1.82) is 0 Å². The lowest BCUT2D eigenvalue weighted by Gasteiger charge is -2.24. The molecule has 4 heteroatoms. The lowest BCUT2D eigenvalue weighted by atomic mass is 9.82. The second-order valence-corrected chi connectivity index (χ2v) is 6.74. The minimum Gasteiger partial charge on any atom is -0.369 e. The highest BCUT2D eigenvalue weighted by Crippen LogP contribution is 2.45. The first-order valence-corrected chi connectivity index (χ1v) is 8.09. The number of nitrogens with two attached hydrogens (primary N) is 1. The molecule has 2 unspecified atom stereocenters. The summed E-state index contributed by atoms with van der Waals surface area (Å²) in [4.78, 5) is 24.1. The molecule has 4 atom stereocenters. The van der Waals surface area contributed by atoms with Gasteiger partial charge in [-0.25, -0.2) is 0 Å². The Morgan fingerprint density at radius 2 is 1.95 bits per heavy atom. The Kier molecular flexibility index (Phi) is 5.06. The quantitative estimate of drug-likeness (QED) is 0.678. The molecule has 0 radical (unpaired) electrons. The first-order chi connectivity index (χ1) is 9.52. The molecule has 0 aromatic carbocycles. The van der Waals surface area contributed by atoms with Crippen LogP contribution in [0.25, 0.3) is 0 Å². The van der Waals surface area contributed by atoms with E-state index in [-0.39, 0.29) is 23.7 Å². The first-order valence-electron chi connectivity index (χ1n) is 8.09. The van der Waals surface area contributed by atoms with Crippen molar-refractivity contribution in [2.24, 2.45) is 35.3 Å². The zero-order chi connectivity index (χ0) is 14.7. The third-order valence-electron chi connectivity index (χ3n) is 4.95. The van der Waals surface area contributed by atoms with E-state index in [1.807, 2.05) is 6.92 Å². The number of amides is 2. The molecule has 0 aromatic rings. The van der Waals surface area contributed by atoms with Gasteiger partial charge in [0.25, 0.3) is 0 Å². The summed E-state index contributed by atoms with van der Waals surface area (Å²) in [6.07, 6.45) is 6.38. The summed E-state index contributed by atoms with van der Waals surface area (Å²) < 4.78 is 0. The van der Waals surface area contributed by atoms with Crippen LogP contribution in [0, 0.1) is 29.6 Å². The van der Waals surface area contributed by atoms with Crippen molar-refractivity contribution in [3.63, 3.8) is 0 Å². The van der Waals surface area contributed by atoms with E-state index in [0.717, 1.165) is 25.2 Å². The van der Waals surface area contributed by atoms with Gasteiger partial charge in [-0.1, -0.05) is 19.8 Å². The molecule has 0 heterocycles. The number of nitrogens with one attached hydrogen (secondary N) is 1. The van der Waals surface area contributed by atoms with Crippen LogP contribution in [-0.4, -0.2) is 18.4 Å². The van der Waals surface area contributed by atoms with Crippen molar-refractivity contribution < 1.29 is 9.59 Å². The van der Waals surface area contributed by atoms with Gasteiger partial charge in [0.05, 0.1) is 0 Å². The Balaban J connectivity index is 1.98. The van der Waals surface area contributed by atoms with E-state index in [9.17, 15) is 9.59 Å². The minimum atomic E-state index is -0.296. The highest BCUT2D eigenvalue weighted by Gasteiger charge is 2.41. The minimum absolute atomic E-state index is 0.0196. The number of rotatable bonds is 9. The Morgan fingerprint density at radius 1 is 1.30 bits per heavy atom. The Bertz CT molecular complexity index is 365. The number of hydrogen-bond acceptors (Lipinski definition) is 2. The maximum absolute atomic E-state index is 12.3. The van der Waals surface area contributed by atoms with Gasteiger partial charge in [-0.05, 0) is 50.4 Å². The van der Waals surface area contributed by atoms with Gasteiger partial charge in [0.2, 0.25) is 11.8 Å². The summed E-state index contributed by atoms with van der Waals surface area (Å²) in [7, 11) is 0. The van der Waals surface area contributed by atoms with Crippen LogP contribution in [0.2, 0.25) is 0 Å². The molecule has 3 N–H and O–H groups in total. The zero-order valence-corrected chi connectivity index (χ0v) is 12.7. The molecule has 2 rings (SSSR count). The normalized spacial score (nSPS) is 27.7. The fourth-order valence-corrected chi connectivity index (χ4v) is 3.18. The number of carbonyl (C=O) groups is 2. The molecule has 2 aliphatic carbocycles. The third kappa shape index (κ3) is 4.22. The van der Waals surface area contributed by atoms with Crippen LogP contribution in [0.1, 0.15) is 52.4 Å². The van der Waals surface area contributed by atoms with Gasteiger partial charge in [0, 0.05) is 18.4 Å². The molecule has 2 aliphatic rings. The molecular formula is C16H28N2O2. The van der Waals surface area contributed by atoms with E-state index >= 15 is 0 Å². The van der Waals surface area contributed by atoms with Crippen molar-refractivity contribution in [3.8, 4) is 0 Å². The van der Waals surface area contributed by atoms with Crippen molar-refractivity contribution in [3.05, 3.63) is 0 Å². The lowest BCUT2D eigenvalue weighted by molar-refractivity contribution is -0.134. The number of hydrogen-bond donors (Lipinski definition) is 2. The number of primary amides is 1. The molecule has 0 saturated heterocycles. The summed E-state index contributed by atoms with van der Waals surface area (Å²) in [5, 5.41) is 2.89. The molecular weight excluding hydrogens is 252 g/mol. The summed E-state index contributed by atoms with van der Waals surface area (Å²) >= 11 is 0. The molecule has 0 aliphatic heterocycles. The third-order valence-corrected chi connectivity index (χ3v) is 4.95. The second kappa shape index (κ2) is 6.59. The van der Waals surface area contributed by atoms with Crippen LogP contribution in [0.5, 0.6) is 0 Å². The maximum atomic E-state index is 12.3. The summed E-state index contributed by atoms with van der Waals surface area (Å²) in [6, 6.07) is 0. The van der Waals surface area contributed by atoms with E-state index in [0.29, 0.717) is 18.4 Å². The predicted octanol–water partition coefficient (Wildman–Crippen LogP) is 2.08. The van der Waals surface area contributed by atoms with E-state index in [1.54, 1.807) is 0 Å². The standard InChI is InChI=1S/C16H28N2O2/c1-3-18-16(20)14(9-12-8-10(12)2)13(15(17)19)7-6-11-4-5-11/h10-14H,3-9H2,1-2H3,(H2,17,19)(H,18,20)/t10?,12?,13-,14+/m0/s1. The van der Waals surface area contributed by atoms with Crippen molar-refractivity contribution >= 4 is 11.8 Å². The topological polar surface area (TPSA) is 72.2 Å². The highest BCUT2D eigenvalue weighted by molar-refractivity contribution is 5.86. The van der Waals surface area contributed by atoms with Crippen LogP contribution in [0.15, 0.2) is 0 Å². The Morgan fingerprint density at radius 3 is 2.40 bits per heavy atom. The zero-order valence-electron chi connectivity index (χ0n) is 12.7. The summed E-state index contributed by atoms with van der Waals surface area (Å²) in [5.41, 5.74) is 5.59. The Hall–Kier alpha value is -1.06. The van der Waals surface area contributed by atoms with Crippen LogP contribution < -0.4 is 11.1 Å². The average Bonchev–Trinajstić information content (AvgIpc) is 3.27.